The van der Waals surface area contributed by atoms with Gasteiger partial charge in [-0.25, -0.2) is 9.37 Å². The quantitative estimate of drug-likeness (QED) is 0.590. The van der Waals surface area contributed by atoms with Crippen LogP contribution in [-0.4, -0.2) is 59.0 Å². The largest absolute Gasteiger partial charge is 0.339 e. The summed E-state index contributed by atoms with van der Waals surface area (Å²) >= 11 is 5.94. The average Bonchev–Trinajstić information content (AvgIpc) is 3.47. The van der Waals surface area contributed by atoms with Crippen LogP contribution in [0.2, 0.25) is 5.02 Å². The maximum Gasteiger partial charge on any atom is 0.228 e. The third-order valence-electron chi connectivity index (χ3n) is 6.22. The van der Waals surface area contributed by atoms with E-state index in [4.69, 9.17) is 11.6 Å². The zero-order valence-corrected chi connectivity index (χ0v) is 18.7. The number of para-hydroxylation sites is 1. The summed E-state index contributed by atoms with van der Waals surface area (Å²) in [4.78, 5) is 35.6. The molecule has 1 unspecified atom stereocenters. The Kier molecular flexibility index (Phi) is 5.76. The number of anilines is 2. The van der Waals surface area contributed by atoms with E-state index in [9.17, 15) is 14.0 Å². The van der Waals surface area contributed by atoms with Crippen molar-refractivity contribution in [3.05, 3.63) is 71.8 Å². The Hall–Kier alpha value is -3.39. The molecular weight excluding hydrogens is 445 g/mol. The summed E-state index contributed by atoms with van der Waals surface area (Å²) in [6.45, 7) is 2.58. The van der Waals surface area contributed by atoms with Gasteiger partial charge in [0.25, 0.3) is 0 Å². The molecule has 0 bridgehead atoms. The zero-order chi connectivity index (χ0) is 22.9. The van der Waals surface area contributed by atoms with Crippen LogP contribution < -0.4 is 9.80 Å². The molecule has 0 N–H and O–H groups in total. The van der Waals surface area contributed by atoms with Crippen LogP contribution in [0.4, 0.5) is 16.0 Å². The fraction of sp³-hybridized carbons (Fsp3) is 0.292. The van der Waals surface area contributed by atoms with Gasteiger partial charge in [-0.15, -0.1) is 0 Å². The number of carbonyl (C=O) groups is 2. The predicted octanol–water partition coefficient (Wildman–Crippen LogP) is 3.37. The summed E-state index contributed by atoms with van der Waals surface area (Å²) in [7, 11) is 0. The summed E-state index contributed by atoms with van der Waals surface area (Å²) in [5.41, 5.74) is 1.19. The Morgan fingerprint density at radius 2 is 1.76 bits per heavy atom. The van der Waals surface area contributed by atoms with Crippen molar-refractivity contribution in [2.75, 3.05) is 42.5 Å². The van der Waals surface area contributed by atoms with E-state index in [0.29, 0.717) is 49.4 Å². The molecule has 3 heterocycles. The smallest absolute Gasteiger partial charge is 0.228 e. The van der Waals surface area contributed by atoms with Crippen LogP contribution in [0.1, 0.15) is 6.42 Å². The molecule has 9 heteroatoms. The van der Waals surface area contributed by atoms with Gasteiger partial charge >= 0.3 is 0 Å². The number of hydrogen-bond donors (Lipinski definition) is 0. The first-order chi connectivity index (χ1) is 16.0. The Labute approximate surface area is 196 Å². The molecule has 2 amide bonds. The van der Waals surface area contributed by atoms with E-state index in [0.717, 1.165) is 5.69 Å². The first-order valence-electron chi connectivity index (χ1n) is 10.9. The summed E-state index contributed by atoms with van der Waals surface area (Å²) < 4.78 is 16.0. The van der Waals surface area contributed by atoms with Crippen molar-refractivity contribution in [3.8, 4) is 5.69 Å². The molecule has 1 atom stereocenters. The van der Waals surface area contributed by atoms with E-state index in [-0.39, 0.29) is 30.0 Å². The summed E-state index contributed by atoms with van der Waals surface area (Å²) in [5, 5.41) is 0.603. The second-order valence-corrected chi connectivity index (χ2v) is 8.68. The number of carbonyl (C=O) groups excluding carboxylic acids is 2. The van der Waals surface area contributed by atoms with E-state index in [2.05, 4.69) is 9.88 Å². The van der Waals surface area contributed by atoms with Crippen LogP contribution in [0.25, 0.3) is 5.69 Å². The normalized spacial score (nSPS) is 18.8. The molecule has 170 valence electrons. The molecule has 33 heavy (non-hydrogen) atoms. The molecule has 7 nitrogen and oxygen atoms in total. The van der Waals surface area contributed by atoms with Crippen molar-refractivity contribution in [2.24, 2.45) is 5.92 Å². The maximum atomic E-state index is 14.3. The van der Waals surface area contributed by atoms with Crippen LogP contribution >= 0.6 is 11.6 Å². The molecule has 2 aliphatic heterocycles. The second kappa shape index (κ2) is 8.86. The highest BCUT2D eigenvalue weighted by Crippen LogP contribution is 2.28. The Bertz CT molecular complexity index is 1170. The molecule has 0 radical (unpaired) electrons. The lowest BCUT2D eigenvalue weighted by Gasteiger charge is -2.36. The molecule has 0 spiro atoms. The van der Waals surface area contributed by atoms with Gasteiger partial charge in [-0.3, -0.25) is 14.2 Å². The minimum atomic E-state index is -0.361. The number of halogens is 2. The fourth-order valence-electron chi connectivity index (χ4n) is 4.49. The molecule has 2 fully saturated rings. The van der Waals surface area contributed by atoms with Gasteiger partial charge in [0.2, 0.25) is 17.8 Å². The number of piperazine rings is 1. The molecule has 0 saturated carbocycles. The van der Waals surface area contributed by atoms with Crippen LogP contribution in [0.5, 0.6) is 0 Å². The number of imidazole rings is 1. The van der Waals surface area contributed by atoms with Gasteiger partial charge in [-0.2, -0.15) is 0 Å². The number of amides is 2. The molecule has 0 aliphatic carbocycles. The maximum absolute atomic E-state index is 14.3. The van der Waals surface area contributed by atoms with Crippen molar-refractivity contribution >= 4 is 35.1 Å². The second-order valence-electron chi connectivity index (χ2n) is 8.24. The number of nitrogens with zero attached hydrogens (tertiary/aromatic N) is 5. The lowest BCUT2D eigenvalue weighted by atomic mass is 10.1. The zero-order valence-electron chi connectivity index (χ0n) is 17.9. The molecule has 2 aromatic carbocycles. The van der Waals surface area contributed by atoms with Crippen molar-refractivity contribution in [1.82, 2.24) is 14.5 Å². The molecule has 1 aromatic heterocycles. The highest BCUT2D eigenvalue weighted by molar-refractivity contribution is 6.30. The van der Waals surface area contributed by atoms with Gasteiger partial charge in [-0.1, -0.05) is 23.7 Å². The topological polar surface area (TPSA) is 61.7 Å². The summed E-state index contributed by atoms with van der Waals surface area (Å²) in [6, 6.07) is 13.6. The van der Waals surface area contributed by atoms with Gasteiger partial charge in [0.1, 0.15) is 5.82 Å². The van der Waals surface area contributed by atoms with Crippen molar-refractivity contribution in [1.29, 1.82) is 0 Å². The molecular formula is C24H23ClFN5O2. The molecule has 2 saturated heterocycles. The number of hydrogen-bond acceptors (Lipinski definition) is 4. The van der Waals surface area contributed by atoms with Crippen LogP contribution in [0.3, 0.4) is 0 Å². The highest BCUT2D eigenvalue weighted by Gasteiger charge is 2.38. The first-order valence-corrected chi connectivity index (χ1v) is 11.3. The van der Waals surface area contributed by atoms with E-state index in [1.54, 1.807) is 64.3 Å². The fourth-order valence-corrected chi connectivity index (χ4v) is 4.62. The third kappa shape index (κ3) is 4.18. The standard InChI is InChI=1S/C24H23ClFN5O2/c25-18-5-7-19(8-6-18)31-16-17(15-22(31)32)23(33)28-11-13-29(14-12-28)24-27-9-10-30(24)21-4-2-1-3-20(21)26/h1-10,17H,11-16H2. The van der Waals surface area contributed by atoms with Crippen LogP contribution in [0.15, 0.2) is 60.9 Å². The molecule has 5 rings (SSSR count). The minimum Gasteiger partial charge on any atom is -0.339 e. The molecule has 2 aliphatic rings. The number of aromatic nitrogens is 2. The Morgan fingerprint density at radius 3 is 2.48 bits per heavy atom. The SMILES string of the molecule is O=C(C1CC(=O)N(c2ccc(Cl)cc2)C1)N1CCN(c2nccn2-c2ccccc2F)CC1. The van der Waals surface area contributed by atoms with E-state index in [1.165, 1.54) is 6.07 Å². The molecule has 3 aromatic rings. The van der Waals surface area contributed by atoms with E-state index >= 15 is 0 Å². The number of benzene rings is 2. The first kappa shape index (κ1) is 21.5. The van der Waals surface area contributed by atoms with Crippen molar-refractivity contribution < 1.29 is 14.0 Å². The van der Waals surface area contributed by atoms with Crippen molar-refractivity contribution in [3.63, 3.8) is 0 Å². The van der Waals surface area contributed by atoms with Gasteiger partial charge in [0, 0.05) is 62.2 Å². The van der Waals surface area contributed by atoms with Crippen molar-refractivity contribution in [2.45, 2.75) is 6.42 Å². The van der Waals surface area contributed by atoms with Gasteiger partial charge in [0.15, 0.2) is 0 Å². The van der Waals surface area contributed by atoms with E-state index in [1.807, 2.05) is 4.90 Å². The lowest BCUT2D eigenvalue weighted by molar-refractivity contribution is -0.136. The van der Waals surface area contributed by atoms with Gasteiger partial charge in [0.05, 0.1) is 11.6 Å². The monoisotopic (exact) mass is 467 g/mol. The van der Waals surface area contributed by atoms with Gasteiger partial charge in [-0.05, 0) is 36.4 Å². The summed E-state index contributed by atoms with van der Waals surface area (Å²) in [5.74, 6) is -0.0860. The van der Waals surface area contributed by atoms with Gasteiger partial charge < -0.3 is 14.7 Å². The lowest BCUT2D eigenvalue weighted by Crippen LogP contribution is -2.51. The predicted molar refractivity (Wildman–Crippen MR) is 124 cm³/mol. The Balaban J connectivity index is 1.23. The summed E-state index contributed by atoms with van der Waals surface area (Å²) in [6.07, 6.45) is 3.59. The number of rotatable bonds is 4. The van der Waals surface area contributed by atoms with Crippen LogP contribution in [-0.2, 0) is 9.59 Å². The highest BCUT2D eigenvalue weighted by atomic mass is 35.5. The third-order valence-corrected chi connectivity index (χ3v) is 6.47. The average molecular weight is 468 g/mol. The Morgan fingerprint density at radius 1 is 1.03 bits per heavy atom. The minimum absolute atomic E-state index is 0.00286. The van der Waals surface area contributed by atoms with Crippen LogP contribution in [0, 0.1) is 11.7 Å². The van der Waals surface area contributed by atoms with E-state index < -0.39 is 0 Å².